The van der Waals surface area contributed by atoms with Crippen LogP contribution in [0, 0.1) is 11.3 Å². The van der Waals surface area contributed by atoms with Crippen molar-refractivity contribution >= 4 is 27.3 Å². The molecule has 152 valence electrons. The maximum absolute atomic E-state index is 12.5. The van der Waals surface area contributed by atoms with Gasteiger partial charge in [0.1, 0.15) is 17.6 Å². The lowest BCUT2D eigenvalue weighted by atomic mass is 10.1. The summed E-state index contributed by atoms with van der Waals surface area (Å²) in [6.07, 6.45) is 0. The molecule has 2 aromatic carbocycles. The van der Waals surface area contributed by atoms with Crippen LogP contribution in [0.15, 0.2) is 68.3 Å². The van der Waals surface area contributed by atoms with Crippen LogP contribution in [-0.2, 0) is 0 Å². The number of anilines is 2. The van der Waals surface area contributed by atoms with Crippen LogP contribution in [0.25, 0.3) is 11.3 Å². The van der Waals surface area contributed by atoms with Crippen LogP contribution in [0.4, 0.5) is 11.4 Å². The predicted molar refractivity (Wildman–Crippen MR) is 120 cm³/mol. The summed E-state index contributed by atoms with van der Waals surface area (Å²) in [5, 5.41) is 9.56. The molecule has 0 unspecified atom stereocenters. The minimum Gasteiger partial charge on any atom is -0.495 e. The van der Waals surface area contributed by atoms with E-state index >= 15 is 0 Å². The zero-order valence-corrected chi connectivity index (χ0v) is 18.1. The number of para-hydroxylation sites is 2. The van der Waals surface area contributed by atoms with Crippen LogP contribution in [0.5, 0.6) is 5.75 Å². The summed E-state index contributed by atoms with van der Waals surface area (Å²) in [6, 6.07) is 19.3. The van der Waals surface area contributed by atoms with Gasteiger partial charge in [-0.2, -0.15) is 5.26 Å². The summed E-state index contributed by atoms with van der Waals surface area (Å²) in [6.45, 7) is 2.85. The van der Waals surface area contributed by atoms with Gasteiger partial charge in [0.05, 0.1) is 18.5 Å². The molecule has 0 aliphatic carbocycles. The Morgan fingerprint density at radius 3 is 2.27 bits per heavy atom. The molecule has 0 spiro atoms. The van der Waals surface area contributed by atoms with Gasteiger partial charge >= 0.3 is 5.63 Å². The number of hydrogen-bond acceptors (Lipinski definition) is 6. The highest BCUT2D eigenvalue weighted by molar-refractivity contribution is 9.10. The third-order valence-electron chi connectivity index (χ3n) is 5.22. The topological polar surface area (TPSA) is 69.7 Å². The first-order valence-electron chi connectivity index (χ1n) is 9.58. The van der Waals surface area contributed by atoms with Crippen molar-refractivity contribution in [2.75, 3.05) is 43.1 Å². The van der Waals surface area contributed by atoms with Gasteiger partial charge < -0.3 is 19.0 Å². The van der Waals surface area contributed by atoms with Gasteiger partial charge in [-0.1, -0.05) is 40.2 Å². The molecular formula is C23H20BrN3O3. The number of nitriles is 1. The molecule has 4 rings (SSSR count). The zero-order valence-electron chi connectivity index (χ0n) is 16.5. The van der Waals surface area contributed by atoms with Gasteiger partial charge in [-0.25, -0.2) is 4.79 Å². The van der Waals surface area contributed by atoms with Crippen molar-refractivity contribution in [3.8, 4) is 23.1 Å². The third-order valence-corrected chi connectivity index (χ3v) is 5.75. The van der Waals surface area contributed by atoms with Crippen LogP contribution in [0.3, 0.4) is 0 Å². The number of methoxy groups -OCH3 is 1. The van der Waals surface area contributed by atoms with E-state index in [4.69, 9.17) is 9.15 Å². The number of piperazine rings is 1. The Kier molecular flexibility index (Phi) is 5.77. The molecular weight excluding hydrogens is 446 g/mol. The normalized spacial score (nSPS) is 13.8. The van der Waals surface area contributed by atoms with Crippen molar-refractivity contribution in [3.05, 3.63) is 75.1 Å². The number of halogens is 1. The van der Waals surface area contributed by atoms with E-state index in [-0.39, 0.29) is 5.56 Å². The molecule has 1 aliphatic rings. The molecule has 0 saturated carbocycles. The molecule has 1 aromatic heterocycles. The van der Waals surface area contributed by atoms with Gasteiger partial charge in [0.15, 0.2) is 5.56 Å². The van der Waals surface area contributed by atoms with E-state index in [1.54, 1.807) is 13.2 Å². The Balaban J connectivity index is 1.62. The number of benzene rings is 2. The maximum atomic E-state index is 12.5. The van der Waals surface area contributed by atoms with Crippen molar-refractivity contribution in [2.45, 2.75) is 0 Å². The maximum Gasteiger partial charge on any atom is 0.356 e. The standard InChI is InChI=1S/C23H20BrN3O3/c1-29-21-5-3-2-4-19(21)26-10-12-27(13-11-26)20-14-22(30-23(28)18(20)15-25)16-6-8-17(24)9-7-16/h2-9,14H,10-13H2,1H3. The van der Waals surface area contributed by atoms with Crippen molar-refractivity contribution < 1.29 is 9.15 Å². The number of ether oxygens (including phenoxy) is 1. The number of nitrogens with zero attached hydrogens (tertiary/aromatic N) is 3. The average molecular weight is 466 g/mol. The van der Waals surface area contributed by atoms with E-state index in [1.165, 1.54) is 0 Å². The first-order valence-corrected chi connectivity index (χ1v) is 10.4. The molecule has 30 heavy (non-hydrogen) atoms. The van der Waals surface area contributed by atoms with Crippen molar-refractivity contribution in [1.82, 2.24) is 0 Å². The minimum absolute atomic E-state index is 0.0432. The molecule has 1 aliphatic heterocycles. The second-order valence-corrected chi connectivity index (χ2v) is 7.84. The average Bonchev–Trinajstić information content (AvgIpc) is 2.79. The fourth-order valence-corrected chi connectivity index (χ4v) is 3.93. The summed E-state index contributed by atoms with van der Waals surface area (Å²) < 4.78 is 11.9. The van der Waals surface area contributed by atoms with Gasteiger partial charge in [0, 0.05) is 42.3 Å². The van der Waals surface area contributed by atoms with Crippen LogP contribution in [0.1, 0.15) is 5.56 Å². The third kappa shape index (κ3) is 3.91. The Morgan fingerprint density at radius 2 is 1.63 bits per heavy atom. The molecule has 1 fully saturated rings. The van der Waals surface area contributed by atoms with E-state index in [2.05, 4.69) is 25.7 Å². The quantitative estimate of drug-likeness (QED) is 0.572. The Morgan fingerprint density at radius 1 is 1.00 bits per heavy atom. The Labute approximate surface area is 183 Å². The largest absolute Gasteiger partial charge is 0.495 e. The summed E-state index contributed by atoms with van der Waals surface area (Å²) in [7, 11) is 1.67. The van der Waals surface area contributed by atoms with Crippen LogP contribution >= 0.6 is 15.9 Å². The Hall–Kier alpha value is -3.24. The van der Waals surface area contributed by atoms with Crippen molar-refractivity contribution in [2.24, 2.45) is 0 Å². The molecule has 2 heterocycles. The summed E-state index contributed by atoms with van der Waals surface area (Å²) in [5.74, 6) is 1.29. The van der Waals surface area contributed by atoms with Crippen LogP contribution < -0.4 is 20.2 Å². The number of hydrogen-bond donors (Lipinski definition) is 0. The lowest BCUT2D eigenvalue weighted by Gasteiger charge is -2.38. The lowest BCUT2D eigenvalue weighted by molar-refractivity contribution is 0.413. The van der Waals surface area contributed by atoms with E-state index in [0.29, 0.717) is 24.5 Å². The SMILES string of the molecule is COc1ccccc1N1CCN(c2cc(-c3ccc(Br)cc3)oc(=O)c2C#N)CC1. The summed E-state index contributed by atoms with van der Waals surface area (Å²) in [4.78, 5) is 16.8. The molecule has 0 bridgehead atoms. The van der Waals surface area contributed by atoms with Gasteiger partial charge in [-0.15, -0.1) is 0 Å². The smallest absolute Gasteiger partial charge is 0.356 e. The second-order valence-electron chi connectivity index (χ2n) is 6.92. The molecule has 1 saturated heterocycles. The highest BCUT2D eigenvalue weighted by Gasteiger charge is 2.24. The summed E-state index contributed by atoms with van der Waals surface area (Å²) in [5.41, 5.74) is 1.88. The van der Waals surface area contributed by atoms with Gasteiger partial charge in [-0.05, 0) is 24.3 Å². The predicted octanol–water partition coefficient (Wildman–Crippen LogP) is 4.28. The first kappa shape index (κ1) is 20.0. The van der Waals surface area contributed by atoms with Crippen LogP contribution in [-0.4, -0.2) is 33.3 Å². The molecule has 0 atom stereocenters. The van der Waals surface area contributed by atoms with Gasteiger partial charge in [-0.3, -0.25) is 0 Å². The summed E-state index contributed by atoms with van der Waals surface area (Å²) >= 11 is 3.41. The monoisotopic (exact) mass is 465 g/mol. The van der Waals surface area contributed by atoms with E-state index in [1.807, 2.05) is 54.6 Å². The van der Waals surface area contributed by atoms with Crippen LogP contribution in [0.2, 0.25) is 0 Å². The van der Waals surface area contributed by atoms with E-state index in [9.17, 15) is 10.1 Å². The van der Waals surface area contributed by atoms with Gasteiger partial charge in [0.2, 0.25) is 0 Å². The van der Waals surface area contributed by atoms with Crippen molar-refractivity contribution in [1.29, 1.82) is 5.26 Å². The number of rotatable bonds is 4. The van der Waals surface area contributed by atoms with E-state index in [0.717, 1.165) is 34.6 Å². The van der Waals surface area contributed by atoms with Gasteiger partial charge in [0.25, 0.3) is 0 Å². The molecule has 0 amide bonds. The van der Waals surface area contributed by atoms with Crippen molar-refractivity contribution in [3.63, 3.8) is 0 Å². The highest BCUT2D eigenvalue weighted by Crippen LogP contribution is 2.31. The fourth-order valence-electron chi connectivity index (χ4n) is 3.67. The molecule has 7 heteroatoms. The fraction of sp³-hybridized carbons (Fsp3) is 0.217. The molecule has 6 nitrogen and oxygen atoms in total. The minimum atomic E-state index is -0.611. The van der Waals surface area contributed by atoms with E-state index < -0.39 is 5.63 Å². The molecule has 0 N–H and O–H groups in total. The molecule has 0 radical (unpaired) electrons. The lowest BCUT2D eigenvalue weighted by Crippen LogP contribution is -2.47. The second kappa shape index (κ2) is 8.64. The zero-order chi connectivity index (χ0) is 21.1. The highest BCUT2D eigenvalue weighted by atomic mass is 79.9. The first-order chi connectivity index (χ1) is 14.6. The Bertz CT molecular complexity index is 1140. The molecule has 3 aromatic rings.